The van der Waals surface area contributed by atoms with Crippen LogP contribution in [0.3, 0.4) is 0 Å². The average molecular weight is 320 g/mol. The van der Waals surface area contributed by atoms with Crippen LogP contribution in [-0.4, -0.2) is 31.2 Å². The topological polar surface area (TPSA) is 47.9 Å². The zero-order valence-electron chi connectivity index (χ0n) is 14.8. The minimum Gasteiger partial charge on any atom is -0.497 e. The predicted molar refractivity (Wildman–Crippen MR) is 90.3 cm³/mol. The smallest absolute Gasteiger partial charge is 0.188 e. The van der Waals surface area contributed by atoms with Crippen LogP contribution >= 0.6 is 0 Å². The van der Waals surface area contributed by atoms with Gasteiger partial charge in [-0.1, -0.05) is 32.1 Å². The third-order valence-electron chi connectivity index (χ3n) is 4.48. The first-order valence-corrected chi connectivity index (χ1v) is 7.99. The zero-order chi connectivity index (χ0) is 17.1. The van der Waals surface area contributed by atoms with Crippen LogP contribution in [0.25, 0.3) is 0 Å². The normalized spacial score (nSPS) is 27.2. The molecule has 1 aliphatic rings. The van der Waals surface area contributed by atoms with Gasteiger partial charge < -0.3 is 19.3 Å². The Morgan fingerprint density at radius 1 is 1.17 bits per heavy atom. The summed E-state index contributed by atoms with van der Waals surface area (Å²) in [5.74, 6) is -0.368. The molecule has 0 spiro atoms. The Hall–Kier alpha value is -1.36. The molecule has 0 fully saturated rings. The third-order valence-corrected chi connectivity index (χ3v) is 4.48. The predicted octanol–water partition coefficient (Wildman–Crippen LogP) is 3.68. The number of ether oxygens (including phenoxy) is 3. The van der Waals surface area contributed by atoms with Crippen molar-refractivity contribution in [1.29, 1.82) is 0 Å². The molecule has 4 nitrogen and oxygen atoms in total. The molecular weight excluding hydrogens is 292 g/mol. The summed E-state index contributed by atoms with van der Waals surface area (Å²) in [7, 11) is 3.20. The van der Waals surface area contributed by atoms with E-state index < -0.39 is 5.79 Å². The Balaban J connectivity index is 2.08. The fourth-order valence-electron chi connectivity index (χ4n) is 3.14. The van der Waals surface area contributed by atoms with Gasteiger partial charge in [0.1, 0.15) is 5.75 Å². The summed E-state index contributed by atoms with van der Waals surface area (Å²) in [4.78, 5) is 0. The third kappa shape index (κ3) is 4.56. The largest absolute Gasteiger partial charge is 0.497 e. The summed E-state index contributed by atoms with van der Waals surface area (Å²) >= 11 is 0. The van der Waals surface area contributed by atoms with Gasteiger partial charge in [-0.2, -0.15) is 0 Å². The summed E-state index contributed by atoms with van der Waals surface area (Å²) in [6, 6.07) is 7.87. The van der Waals surface area contributed by atoms with Crippen LogP contribution in [0.1, 0.15) is 39.2 Å². The second kappa shape index (κ2) is 7.04. The molecule has 0 radical (unpaired) electrons. The molecule has 1 aliphatic carbocycles. The first-order valence-electron chi connectivity index (χ1n) is 7.99. The molecule has 0 saturated heterocycles. The Bertz CT molecular complexity index is 547. The molecule has 2 rings (SSSR count). The van der Waals surface area contributed by atoms with Crippen molar-refractivity contribution in [3.63, 3.8) is 0 Å². The van der Waals surface area contributed by atoms with Gasteiger partial charge in [0.05, 0.1) is 19.8 Å². The SMILES string of the molecule is COc1ccc(COC2C=C(C)C(O)(OC)CC(C)(C)C2)cc1. The van der Waals surface area contributed by atoms with Crippen LogP contribution in [0.2, 0.25) is 0 Å². The molecule has 0 bridgehead atoms. The molecule has 1 N–H and O–H groups in total. The van der Waals surface area contributed by atoms with Gasteiger partial charge in [-0.05, 0) is 42.0 Å². The van der Waals surface area contributed by atoms with E-state index in [1.165, 1.54) is 0 Å². The second-order valence-corrected chi connectivity index (χ2v) is 7.08. The molecule has 4 heteroatoms. The summed E-state index contributed by atoms with van der Waals surface area (Å²) < 4.78 is 16.6. The number of hydrogen-bond donors (Lipinski definition) is 1. The minimum absolute atomic E-state index is 0.0451. The van der Waals surface area contributed by atoms with Crippen LogP contribution < -0.4 is 4.74 Å². The highest BCUT2D eigenvalue weighted by atomic mass is 16.6. The van der Waals surface area contributed by atoms with E-state index in [4.69, 9.17) is 14.2 Å². The van der Waals surface area contributed by atoms with E-state index in [0.717, 1.165) is 23.3 Å². The molecule has 1 aromatic rings. The monoisotopic (exact) mass is 320 g/mol. The van der Waals surface area contributed by atoms with Crippen LogP contribution in [0.4, 0.5) is 0 Å². The van der Waals surface area contributed by atoms with Gasteiger partial charge in [-0.15, -0.1) is 0 Å². The minimum atomic E-state index is -1.21. The fourth-order valence-corrected chi connectivity index (χ4v) is 3.14. The van der Waals surface area contributed by atoms with Gasteiger partial charge in [0, 0.05) is 13.5 Å². The number of benzene rings is 1. The fraction of sp³-hybridized carbons (Fsp3) is 0.579. The maximum atomic E-state index is 10.7. The van der Waals surface area contributed by atoms with Crippen molar-refractivity contribution >= 4 is 0 Å². The number of aliphatic hydroxyl groups is 1. The van der Waals surface area contributed by atoms with Crippen molar-refractivity contribution in [3.05, 3.63) is 41.5 Å². The van der Waals surface area contributed by atoms with Crippen molar-refractivity contribution in [2.24, 2.45) is 5.41 Å². The molecule has 0 aromatic heterocycles. The highest BCUT2D eigenvalue weighted by Crippen LogP contribution is 2.40. The lowest BCUT2D eigenvalue weighted by molar-refractivity contribution is -0.174. The summed E-state index contributed by atoms with van der Waals surface area (Å²) in [6.07, 6.45) is 3.34. The van der Waals surface area contributed by atoms with Gasteiger partial charge in [0.15, 0.2) is 5.79 Å². The number of hydrogen-bond acceptors (Lipinski definition) is 4. The van der Waals surface area contributed by atoms with Crippen molar-refractivity contribution in [1.82, 2.24) is 0 Å². The van der Waals surface area contributed by atoms with Crippen molar-refractivity contribution in [3.8, 4) is 5.75 Å². The van der Waals surface area contributed by atoms with Crippen molar-refractivity contribution < 1.29 is 19.3 Å². The lowest BCUT2D eigenvalue weighted by atomic mass is 9.81. The lowest BCUT2D eigenvalue weighted by Gasteiger charge is -2.34. The molecule has 0 aliphatic heterocycles. The van der Waals surface area contributed by atoms with Gasteiger partial charge in [-0.25, -0.2) is 0 Å². The summed E-state index contributed by atoms with van der Waals surface area (Å²) in [6.45, 7) is 6.69. The van der Waals surface area contributed by atoms with Gasteiger partial charge in [0.25, 0.3) is 0 Å². The van der Waals surface area contributed by atoms with Crippen LogP contribution in [0.5, 0.6) is 5.75 Å². The van der Waals surface area contributed by atoms with Crippen LogP contribution in [0, 0.1) is 5.41 Å². The first-order chi connectivity index (χ1) is 10.8. The molecule has 0 saturated carbocycles. The van der Waals surface area contributed by atoms with Gasteiger partial charge in [-0.3, -0.25) is 0 Å². The maximum Gasteiger partial charge on any atom is 0.188 e. The lowest BCUT2D eigenvalue weighted by Crippen LogP contribution is -2.36. The summed E-state index contributed by atoms with van der Waals surface area (Å²) in [5.41, 5.74) is 1.83. The van der Waals surface area contributed by atoms with Crippen molar-refractivity contribution in [2.75, 3.05) is 14.2 Å². The van der Waals surface area contributed by atoms with E-state index >= 15 is 0 Å². The first kappa shape index (κ1) is 18.0. The van der Waals surface area contributed by atoms with Gasteiger partial charge in [0.2, 0.25) is 0 Å². The van der Waals surface area contributed by atoms with Gasteiger partial charge >= 0.3 is 0 Å². The molecule has 23 heavy (non-hydrogen) atoms. The second-order valence-electron chi connectivity index (χ2n) is 7.08. The maximum absolute atomic E-state index is 10.7. The molecule has 0 heterocycles. The standard InChI is InChI=1S/C19H28O4/c1-14-10-17(11-18(2,3)13-19(14,20)22-5)23-12-15-6-8-16(21-4)9-7-15/h6-10,17,20H,11-13H2,1-5H3. The van der Waals surface area contributed by atoms with E-state index in [1.807, 2.05) is 37.3 Å². The van der Waals surface area contributed by atoms with E-state index in [0.29, 0.717) is 13.0 Å². The Morgan fingerprint density at radius 3 is 2.39 bits per heavy atom. The zero-order valence-corrected chi connectivity index (χ0v) is 14.8. The van der Waals surface area contributed by atoms with E-state index in [2.05, 4.69) is 13.8 Å². The highest BCUT2D eigenvalue weighted by Gasteiger charge is 2.40. The average Bonchev–Trinajstić information content (AvgIpc) is 2.60. The van der Waals surface area contributed by atoms with Crippen LogP contribution in [-0.2, 0) is 16.1 Å². The molecule has 0 amide bonds. The number of rotatable bonds is 5. The van der Waals surface area contributed by atoms with Crippen LogP contribution in [0.15, 0.2) is 35.9 Å². The van der Waals surface area contributed by atoms with E-state index in [-0.39, 0.29) is 11.5 Å². The quantitative estimate of drug-likeness (QED) is 0.664. The molecule has 2 unspecified atom stereocenters. The molecule has 128 valence electrons. The Morgan fingerprint density at radius 2 is 1.83 bits per heavy atom. The molecule has 2 atom stereocenters. The Kier molecular flexibility index (Phi) is 5.50. The summed E-state index contributed by atoms with van der Waals surface area (Å²) in [5, 5.41) is 10.7. The van der Waals surface area contributed by atoms with E-state index in [1.54, 1.807) is 14.2 Å². The highest BCUT2D eigenvalue weighted by molar-refractivity contribution is 5.26. The molecule has 1 aromatic carbocycles. The van der Waals surface area contributed by atoms with Crippen molar-refractivity contribution in [2.45, 2.75) is 52.1 Å². The Labute approximate surface area is 139 Å². The number of methoxy groups -OCH3 is 2. The van der Waals surface area contributed by atoms with E-state index in [9.17, 15) is 5.11 Å². The molecular formula is C19H28O4.